The van der Waals surface area contributed by atoms with Crippen LogP contribution in [-0.2, 0) is 0 Å². The van der Waals surface area contributed by atoms with Crippen molar-refractivity contribution in [3.05, 3.63) is 24.2 Å². The van der Waals surface area contributed by atoms with E-state index in [1.807, 2.05) is 4.90 Å². The fourth-order valence-corrected chi connectivity index (χ4v) is 2.90. The average molecular weight is 219 g/mol. The molecule has 16 heavy (non-hydrogen) atoms. The van der Waals surface area contributed by atoms with Crippen LogP contribution in [0.5, 0.6) is 0 Å². The molecule has 1 saturated heterocycles. The Bertz CT molecular complexity index is 367. The third-order valence-corrected chi connectivity index (χ3v) is 3.99. The van der Waals surface area contributed by atoms with E-state index in [2.05, 4.69) is 0 Å². The van der Waals surface area contributed by atoms with E-state index in [0.29, 0.717) is 11.8 Å². The van der Waals surface area contributed by atoms with Crippen LogP contribution in [0.25, 0.3) is 0 Å². The first kappa shape index (κ1) is 9.94. The monoisotopic (exact) mass is 219 g/mol. The van der Waals surface area contributed by atoms with Gasteiger partial charge in [-0.3, -0.25) is 4.79 Å². The summed E-state index contributed by atoms with van der Waals surface area (Å²) in [5.41, 5.74) is 0. The van der Waals surface area contributed by atoms with Crippen LogP contribution in [0, 0.1) is 5.92 Å². The minimum Gasteiger partial charge on any atom is -0.459 e. The van der Waals surface area contributed by atoms with Gasteiger partial charge in [-0.15, -0.1) is 0 Å². The molecule has 1 aromatic rings. The Morgan fingerprint density at radius 3 is 2.81 bits per heavy atom. The Morgan fingerprint density at radius 2 is 2.19 bits per heavy atom. The van der Waals surface area contributed by atoms with E-state index in [9.17, 15) is 4.79 Å². The van der Waals surface area contributed by atoms with Gasteiger partial charge in [0.25, 0.3) is 5.91 Å². The highest BCUT2D eigenvalue weighted by molar-refractivity contribution is 5.91. The maximum absolute atomic E-state index is 12.2. The molecule has 3 heteroatoms. The van der Waals surface area contributed by atoms with Gasteiger partial charge in [-0.25, -0.2) is 0 Å². The van der Waals surface area contributed by atoms with Crippen molar-refractivity contribution in [1.29, 1.82) is 0 Å². The van der Waals surface area contributed by atoms with Gasteiger partial charge in [-0.05, 0) is 43.7 Å². The van der Waals surface area contributed by atoms with Crippen molar-refractivity contribution < 1.29 is 9.21 Å². The van der Waals surface area contributed by atoms with Gasteiger partial charge in [-0.2, -0.15) is 0 Å². The van der Waals surface area contributed by atoms with Gasteiger partial charge < -0.3 is 9.32 Å². The lowest BCUT2D eigenvalue weighted by atomic mass is 9.79. The summed E-state index contributed by atoms with van der Waals surface area (Å²) in [6.45, 7) is 0.903. The maximum Gasteiger partial charge on any atom is 0.289 e. The fraction of sp³-hybridized carbons (Fsp3) is 0.615. The number of rotatable bonds is 2. The minimum absolute atomic E-state index is 0.0828. The smallest absolute Gasteiger partial charge is 0.289 e. The molecule has 1 aliphatic carbocycles. The van der Waals surface area contributed by atoms with E-state index in [-0.39, 0.29) is 5.91 Å². The number of hydrogen-bond acceptors (Lipinski definition) is 2. The molecule has 86 valence electrons. The molecule has 0 spiro atoms. The second-order valence-electron chi connectivity index (χ2n) is 4.88. The normalized spacial score (nSPS) is 25.8. The Hall–Kier alpha value is -1.25. The number of furan rings is 1. The lowest BCUT2D eigenvalue weighted by Gasteiger charge is -2.36. The predicted molar refractivity (Wildman–Crippen MR) is 60.1 cm³/mol. The molecule has 2 fully saturated rings. The lowest BCUT2D eigenvalue weighted by molar-refractivity contribution is 0.0595. The van der Waals surface area contributed by atoms with E-state index in [1.54, 1.807) is 18.4 Å². The van der Waals surface area contributed by atoms with Gasteiger partial charge in [0, 0.05) is 12.6 Å². The summed E-state index contributed by atoms with van der Waals surface area (Å²) in [7, 11) is 0. The van der Waals surface area contributed by atoms with Crippen LogP contribution in [0.15, 0.2) is 22.8 Å². The highest BCUT2D eigenvalue weighted by Gasteiger charge is 2.38. The van der Waals surface area contributed by atoms with Crippen molar-refractivity contribution in [3.8, 4) is 0 Å². The summed E-state index contributed by atoms with van der Waals surface area (Å²) in [6, 6.07) is 4.02. The van der Waals surface area contributed by atoms with Crippen molar-refractivity contribution >= 4 is 5.91 Å². The predicted octanol–water partition coefficient (Wildman–Crippen LogP) is 2.68. The van der Waals surface area contributed by atoms with E-state index in [4.69, 9.17) is 4.42 Å². The third-order valence-electron chi connectivity index (χ3n) is 3.99. The molecule has 0 aromatic carbocycles. The maximum atomic E-state index is 12.2. The highest BCUT2D eigenvalue weighted by Crippen LogP contribution is 2.37. The standard InChI is InChI=1S/C13H17NO2/c15-13(12-7-3-9-16-12)14-8-2-6-11(14)10-4-1-5-10/h3,7,9-11H,1-2,4-6,8H2. The molecular weight excluding hydrogens is 202 g/mol. The number of nitrogens with zero attached hydrogens (tertiary/aromatic N) is 1. The Kier molecular flexibility index (Phi) is 2.46. The minimum atomic E-state index is 0.0828. The zero-order chi connectivity index (χ0) is 11.0. The summed E-state index contributed by atoms with van der Waals surface area (Å²) in [5.74, 6) is 1.33. The SMILES string of the molecule is O=C(c1ccco1)N1CCCC1C1CCC1. The van der Waals surface area contributed by atoms with Gasteiger partial charge in [0.15, 0.2) is 5.76 Å². The summed E-state index contributed by atoms with van der Waals surface area (Å²) < 4.78 is 5.20. The first-order chi connectivity index (χ1) is 7.86. The zero-order valence-corrected chi connectivity index (χ0v) is 9.39. The van der Waals surface area contributed by atoms with Crippen LogP contribution in [-0.4, -0.2) is 23.4 Å². The Balaban J connectivity index is 1.75. The second kappa shape index (κ2) is 3.96. The molecule has 0 N–H and O–H groups in total. The zero-order valence-electron chi connectivity index (χ0n) is 9.39. The molecule has 1 aromatic heterocycles. The van der Waals surface area contributed by atoms with Crippen molar-refractivity contribution in [2.24, 2.45) is 5.92 Å². The molecule has 1 unspecified atom stereocenters. The number of amides is 1. The van der Waals surface area contributed by atoms with Crippen molar-refractivity contribution in [1.82, 2.24) is 4.90 Å². The lowest BCUT2D eigenvalue weighted by Crippen LogP contribution is -2.42. The molecule has 0 bridgehead atoms. The molecule has 1 saturated carbocycles. The first-order valence-corrected chi connectivity index (χ1v) is 6.21. The largest absolute Gasteiger partial charge is 0.459 e. The summed E-state index contributed by atoms with van der Waals surface area (Å²) in [5, 5.41) is 0. The summed E-state index contributed by atoms with van der Waals surface area (Å²) >= 11 is 0. The van der Waals surface area contributed by atoms with Gasteiger partial charge in [0.1, 0.15) is 0 Å². The van der Waals surface area contributed by atoms with Gasteiger partial charge in [0.2, 0.25) is 0 Å². The quantitative estimate of drug-likeness (QED) is 0.766. The van der Waals surface area contributed by atoms with Crippen LogP contribution in [0.4, 0.5) is 0 Å². The summed E-state index contributed by atoms with van der Waals surface area (Å²) in [6.07, 6.45) is 7.83. The summed E-state index contributed by atoms with van der Waals surface area (Å²) in [4.78, 5) is 14.2. The van der Waals surface area contributed by atoms with Crippen molar-refractivity contribution in [2.75, 3.05) is 6.54 Å². The molecule has 2 aliphatic rings. The second-order valence-corrected chi connectivity index (χ2v) is 4.88. The van der Waals surface area contributed by atoms with E-state index in [0.717, 1.165) is 18.9 Å². The van der Waals surface area contributed by atoms with Gasteiger partial charge >= 0.3 is 0 Å². The highest BCUT2D eigenvalue weighted by atomic mass is 16.3. The number of carbonyl (C=O) groups excluding carboxylic acids is 1. The first-order valence-electron chi connectivity index (χ1n) is 6.21. The van der Waals surface area contributed by atoms with E-state index in [1.165, 1.54) is 25.7 Å². The molecule has 0 radical (unpaired) electrons. The van der Waals surface area contributed by atoms with E-state index < -0.39 is 0 Å². The fourth-order valence-electron chi connectivity index (χ4n) is 2.90. The van der Waals surface area contributed by atoms with Gasteiger partial charge in [-0.1, -0.05) is 6.42 Å². The number of hydrogen-bond donors (Lipinski definition) is 0. The topological polar surface area (TPSA) is 33.5 Å². The Morgan fingerprint density at radius 1 is 1.31 bits per heavy atom. The number of likely N-dealkylation sites (tertiary alicyclic amines) is 1. The van der Waals surface area contributed by atoms with Crippen LogP contribution in [0.3, 0.4) is 0 Å². The van der Waals surface area contributed by atoms with Gasteiger partial charge in [0.05, 0.1) is 6.26 Å². The number of carbonyl (C=O) groups is 1. The van der Waals surface area contributed by atoms with Crippen molar-refractivity contribution in [3.63, 3.8) is 0 Å². The van der Waals surface area contributed by atoms with Crippen LogP contribution in [0.2, 0.25) is 0 Å². The molecule has 1 aliphatic heterocycles. The molecule has 1 atom stereocenters. The molecule has 2 heterocycles. The molecule has 1 amide bonds. The van der Waals surface area contributed by atoms with E-state index >= 15 is 0 Å². The molecular formula is C13H17NO2. The molecule has 3 rings (SSSR count). The van der Waals surface area contributed by atoms with Crippen LogP contribution in [0.1, 0.15) is 42.7 Å². The Labute approximate surface area is 95.4 Å². The average Bonchev–Trinajstić information content (AvgIpc) is 2.84. The van der Waals surface area contributed by atoms with Crippen molar-refractivity contribution in [2.45, 2.75) is 38.1 Å². The third kappa shape index (κ3) is 1.55. The van der Waals surface area contributed by atoms with Crippen LogP contribution < -0.4 is 0 Å². The molecule has 3 nitrogen and oxygen atoms in total. The van der Waals surface area contributed by atoms with Crippen LogP contribution >= 0.6 is 0 Å².